The van der Waals surface area contributed by atoms with Crippen LogP contribution in [-0.4, -0.2) is 75.6 Å². The van der Waals surface area contributed by atoms with Crippen molar-refractivity contribution < 1.29 is 0 Å². The lowest BCUT2D eigenvalue weighted by atomic mass is 10.6. The van der Waals surface area contributed by atoms with Gasteiger partial charge in [-0.25, -0.2) is 0 Å². The topological polar surface area (TPSA) is 0 Å². The van der Waals surface area contributed by atoms with Gasteiger partial charge in [0, 0.05) is 50.3 Å². The van der Waals surface area contributed by atoms with Crippen molar-refractivity contribution in [1.82, 2.24) is 0 Å². The highest BCUT2D eigenvalue weighted by molar-refractivity contribution is 8.09. The van der Waals surface area contributed by atoms with Crippen LogP contribution in [0.2, 0.25) is 24.7 Å². The molecule has 3 rings (SSSR count). The number of hydrogen-bond donors (Lipinski definition) is 0. The summed E-state index contributed by atoms with van der Waals surface area (Å²) < 4.78 is 0. The van der Waals surface area contributed by atoms with Crippen molar-refractivity contribution in [3.8, 4) is 0 Å². The van der Waals surface area contributed by atoms with E-state index in [1.54, 1.807) is 18.1 Å². The van der Waals surface area contributed by atoms with E-state index in [1.165, 1.54) is 51.8 Å². The molecule has 0 bridgehead atoms. The molecule has 0 N–H and O–H groups in total. The van der Waals surface area contributed by atoms with Crippen LogP contribution in [-0.2, 0) is 0 Å². The summed E-state index contributed by atoms with van der Waals surface area (Å²) in [7, 11) is -0.987. The summed E-state index contributed by atoms with van der Waals surface area (Å²) in [5.74, 6) is 12.9. The van der Waals surface area contributed by atoms with Crippen molar-refractivity contribution in [2.24, 2.45) is 0 Å². The molecule has 3 aliphatic rings. The molecule has 23 heavy (non-hydrogen) atoms. The van der Waals surface area contributed by atoms with Crippen LogP contribution in [0, 0.1) is 0 Å². The Kier molecular flexibility index (Phi) is 9.25. The Morgan fingerprint density at radius 3 is 1.26 bits per heavy atom. The first kappa shape index (κ1) is 20.1. The van der Waals surface area contributed by atoms with Gasteiger partial charge in [0.15, 0.2) is 0 Å². The number of rotatable bonds is 15. The normalized spacial score (nSPS) is 30.9. The average Bonchev–Trinajstić information content (AvgIpc) is 3.38. The average molecular weight is 443 g/mol. The van der Waals surface area contributed by atoms with Crippen molar-refractivity contribution in [2.75, 3.05) is 51.8 Å². The minimum atomic E-state index is -0.987. The van der Waals surface area contributed by atoms with Crippen LogP contribution >= 0.6 is 70.6 Å². The maximum Gasteiger partial charge on any atom is 0.0529 e. The van der Waals surface area contributed by atoms with Gasteiger partial charge in [-0.2, -0.15) is 70.6 Å². The largest absolute Gasteiger partial charge is 0.161 e. The first-order valence-electron chi connectivity index (χ1n) is 8.82. The Bertz CT molecular complexity index is 293. The first-order chi connectivity index (χ1) is 11.2. The summed E-state index contributed by atoms with van der Waals surface area (Å²) in [5.41, 5.74) is 0. The van der Waals surface area contributed by atoms with Gasteiger partial charge in [0.05, 0.1) is 8.07 Å². The number of hydrogen-bond acceptors (Lipinski definition) is 6. The molecule has 0 radical (unpaired) electrons. The highest BCUT2D eigenvalue weighted by Crippen LogP contribution is 2.37. The van der Waals surface area contributed by atoms with E-state index in [1.807, 2.05) is 0 Å². The summed E-state index contributed by atoms with van der Waals surface area (Å²) in [6, 6.07) is 4.73. The molecule has 7 heteroatoms. The molecule has 134 valence electrons. The minimum absolute atomic E-state index is 0.987. The molecule has 3 unspecified atom stereocenters. The van der Waals surface area contributed by atoms with Crippen LogP contribution in [0.15, 0.2) is 0 Å². The van der Waals surface area contributed by atoms with Crippen molar-refractivity contribution in [3.63, 3.8) is 0 Å². The Hall–Kier alpha value is 2.32. The molecule has 0 nitrogen and oxygen atoms in total. The van der Waals surface area contributed by atoms with Gasteiger partial charge in [0.25, 0.3) is 0 Å². The summed E-state index contributed by atoms with van der Waals surface area (Å²) >= 11 is 13.2. The van der Waals surface area contributed by atoms with Gasteiger partial charge in [-0.05, 0) is 35.4 Å². The SMILES string of the molecule is C[Si](CCSCC1CS1)(CCSCC1CS1)CCSCC1CS1. The lowest BCUT2D eigenvalue weighted by Gasteiger charge is -2.27. The maximum absolute atomic E-state index is 2.72. The Morgan fingerprint density at radius 2 is 1.00 bits per heavy atom. The smallest absolute Gasteiger partial charge is 0.0529 e. The van der Waals surface area contributed by atoms with Crippen LogP contribution in [0.3, 0.4) is 0 Å². The summed E-state index contributed by atoms with van der Waals surface area (Å²) in [4.78, 5) is 0. The zero-order valence-corrected chi connectivity index (χ0v) is 20.1. The summed E-state index contributed by atoms with van der Waals surface area (Å²) in [5, 5.41) is 3.06. The van der Waals surface area contributed by atoms with E-state index < -0.39 is 8.07 Å². The minimum Gasteiger partial charge on any atom is -0.161 e. The zero-order valence-electron chi connectivity index (χ0n) is 14.2. The van der Waals surface area contributed by atoms with Crippen LogP contribution in [0.4, 0.5) is 0 Å². The molecule has 3 saturated heterocycles. The maximum atomic E-state index is 2.72. The lowest BCUT2D eigenvalue weighted by molar-refractivity contribution is 1.18. The van der Waals surface area contributed by atoms with Crippen LogP contribution in [0.25, 0.3) is 0 Å². The summed E-state index contributed by atoms with van der Waals surface area (Å²) in [6.07, 6.45) is 0. The van der Waals surface area contributed by atoms with E-state index in [2.05, 4.69) is 77.1 Å². The molecule has 0 spiro atoms. The third kappa shape index (κ3) is 9.71. The van der Waals surface area contributed by atoms with Gasteiger partial charge >= 0.3 is 0 Å². The fraction of sp³-hybridized carbons (Fsp3) is 1.00. The van der Waals surface area contributed by atoms with Gasteiger partial charge in [-0.1, -0.05) is 6.55 Å². The Balaban J connectivity index is 1.29. The van der Waals surface area contributed by atoms with E-state index in [-0.39, 0.29) is 0 Å². The van der Waals surface area contributed by atoms with Crippen molar-refractivity contribution in [2.45, 2.75) is 40.4 Å². The standard InChI is InChI=1S/C16H30S6Si/c1-23(5-2-17-8-14-11-20-14,6-3-18-9-15-12-21-15)7-4-19-10-16-13-22-16/h14-16H,2-13H2,1H3. The molecule has 0 aromatic carbocycles. The molecule has 3 fully saturated rings. The molecule has 3 atom stereocenters. The van der Waals surface area contributed by atoms with Gasteiger partial charge in [0.1, 0.15) is 0 Å². The Morgan fingerprint density at radius 1 is 0.696 bits per heavy atom. The highest BCUT2D eigenvalue weighted by atomic mass is 32.2. The van der Waals surface area contributed by atoms with Crippen LogP contribution in [0.5, 0.6) is 0 Å². The third-order valence-corrected chi connectivity index (χ3v) is 17.1. The molecule has 3 heterocycles. The monoisotopic (exact) mass is 442 g/mol. The van der Waals surface area contributed by atoms with E-state index in [4.69, 9.17) is 0 Å². The third-order valence-electron chi connectivity index (χ3n) is 4.67. The predicted octanol–water partition coefficient (Wildman–Crippen LogP) is 5.61. The van der Waals surface area contributed by atoms with Gasteiger partial charge in [-0.15, -0.1) is 0 Å². The van der Waals surface area contributed by atoms with E-state index in [0.717, 1.165) is 15.7 Å². The molecular formula is C16H30S6Si. The van der Waals surface area contributed by atoms with Gasteiger partial charge in [-0.3, -0.25) is 0 Å². The van der Waals surface area contributed by atoms with Crippen molar-refractivity contribution >= 4 is 78.6 Å². The molecular weight excluding hydrogens is 413 g/mol. The second-order valence-corrected chi connectivity index (χ2v) is 19.7. The zero-order chi connectivity index (χ0) is 16.0. The van der Waals surface area contributed by atoms with Gasteiger partial charge in [0.2, 0.25) is 0 Å². The molecule has 0 amide bonds. The lowest BCUT2D eigenvalue weighted by Crippen LogP contribution is -2.32. The summed E-state index contributed by atoms with van der Waals surface area (Å²) in [6.45, 7) is 2.72. The second-order valence-electron chi connectivity index (χ2n) is 7.15. The molecule has 3 aliphatic heterocycles. The van der Waals surface area contributed by atoms with E-state index >= 15 is 0 Å². The predicted molar refractivity (Wildman–Crippen MR) is 127 cm³/mol. The van der Waals surface area contributed by atoms with E-state index in [9.17, 15) is 0 Å². The second kappa shape index (κ2) is 10.6. The highest BCUT2D eigenvalue weighted by Gasteiger charge is 2.29. The first-order valence-corrected chi connectivity index (χ1v) is 18.5. The van der Waals surface area contributed by atoms with Crippen molar-refractivity contribution in [1.29, 1.82) is 0 Å². The molecule has 0 saturated carbocycles. The molecule has 0 aromatic rings. The van der Waals surface area contributed by atoms with E-state index in [0.29, 0.717) is 0 Å². The van der Waals surface area contributed by atoms with Gasteiger partial charge < -0.3 is 0 Å². The fourth-order valence-corrected chi connectivity index (χ4v) is 15.7. The number of thioether (sulfide) groups is 6. The Labute approximate surface area is 169 Å². The van der Waals surface area contributed by atoms with Crippen molar-refractivity contribution in [3.05, 3.63) is 0 Å². The molecule has 0 aromatic heterocycles. The quantitative estimate of drug-likeness (QED) is 0.182. The molecule has 0 aliphatic carbocycles. The van der Waals surface area contributed by atoms with Crippen LogP contribution < -0.4 is 0 Å². The van der Waals surface area contributed by atoms with Crippen LogP contribution in [0.1, 0.15) is 0 Å². The fourth-order valence-electron chi connectivity index (χ4n) is 2.47.